The number of anilines is 1. The molecule has 3 aromatic rings. The molecule has 0 N–H and O–H groups in total. The van der Waals surface area contributed by atoms with Crippen molar-refractivity contribution in [1.82, 2.24) is 19.7 Å². The second-order valence-electron chi connectivity index (χ2n) is 8.52. The Bertz CT molecular complexity index is 1190. The van der Waals surface area contributed by atoms with Crippen LogP contribution in [-0.2, 0) is 11.3 Å². The number of piperazine rings is 1. The Hall–Kier alpha value is -2.74. The van der Waals surface area contributed by atoms with Gasteiger partial charge in [-0.3, -0.25) is 9.59 Å². The number of carbonyl (C=O) groups is 1. The molecular formula is C23H29N5O2S. The maximum absolute atomic E-state index is 12.9. The van der Waals surface area contributed by atoms with Crippen LogP contribution in [0.5, 0.6) is 0 Å². The van der Waals surface area contributed by atoms with Crippen molar-refractivity contribution >= 4 is 33.1 Å². The van der Waals surface area contributed by atoms with Gasteiger partial charge in [0.1, 0.15) is 6.54 Å². The minimum Gasteiger partial charge on any atom is -0.368 e. The molecule has 0 atom stereocenters. The summed E-state index contributed by atoms with van der Waals surface area (Å²) in [5, 5.41) is 5.33. The summed E-state index contributed by atoms with van der Waals surface area (Å²) >= 11 is 1.51. The minimum atomic E-state index is -0.286. The second-order valence-corrected chi connectivity index (χ2v) is 9.55. The fourth-order valence-corrected chi connectivity index (χ4v) is 4.98. The maximum atomic E-state index is 12.9. The van der Waals surface area contributed by atoms with Gasteiger partial charge in [0.05, 0.1) is 15.4 Å². The highest BCUT2D eigenvalue weighted by Crippen LogP contribution is 2.27. The Balaban J connectivity index is 1.48. The van der Waals surface area contributed by atoms with Gasteiger partial charge in [0, 0.05) is 37.8 Å². The summed E-state index contributed by atoms with van der Waals surface area (Å²) in [7, 11) is 0. The van der Waals surface area contributed by atoms with Crippen molar-refractivity contribution in [2.24, 2.45) is 0 Å². The van der Waals surface area contributed by atoms with Gasteiger partial charge in [-0.1, -0.05) is 26.0 Å². The van der Waals surface area contributed by atoms with Gasteiger partial charge in [0.25, 0.3) is 5.56 Å². The molecular weight excluding hydrogens is 410 g/mol. The van der Waals surface area contributed by atoms with E-state index in [2.05, 4.69) is 60.9 Å². The SMILES string of the molecule is Cc1cccc(N2CCN(C(=O)Cn3nc(C)c4sc(C(C)C)nc4c3=O)CC2)c1C. The Labute approximate surface area is 186 Å². The van der Waals surface area contributed by atoms with E-state index in [4.69, 9.17) is 0 Å². The number of aromatic nitrogens is 3. The highest BCUT2D eigenvalue weighted by molar-refractivity contribution is 7.18. The summed E-state index contributed by atoms with van der Waals surface area (Å²) in [6.07, 6.45) is 0. The number of thiazole rings is 1. The molecule has 0 aliphatic carbocycles. The lowest BCUT2D eigenvalue weighted by molar-refractivity contribution is -0.132. The van der Waals surface area contributed by atoms with Gasteiger partial charge in [0.15, 0.2) is 5.52 Å². The molecule has 164 valence electrons. The number of hydrogen-bond donors (Lipinski definition) is 0. The third-order valence-corrected chi connectivity index (χ3v) is 7.47. The first-order valence-corrected chi connectivity index (χ1v) is 11.5. The maximum Gasteiger partial charge on any atom is 0.294 e. The molecule has 1 aromatic carbocycles. The summed E-state index contributed by atoms with van der Waals surface area (Å²) in [6.45, 7) is 13.0. The third-order valence-electron chi connectivity index (χ3n) is 6.01. The fourth-order valence-electron chi connectivity index (χ4n) is 3.98. The first kappa shape index (κ1) is 21.5. The number of carbonyl (C=O) groups excluding carboxylic acids is 1. The molecule has 3 heterocycles. The highest BCUT2D eigenvalue weighted by atomic mass is 32.1. The molecule has 2 aromatic heterocycles. The molecule has 1 aliphatic heterocycles. The van der Waals surface area contributed by atoms with Crippen LogP contribution in [0.15, 0.2) is 23.0 Å². The monoisotopic (exact) mass is 439 g/mol. The Morgan fingerprint density at radius 1 is 1.13 bits per heavy atom. The molecule has 0 spiro atoms. The second kappa shape index (κ2) is 8.42. The molecule has 8 heteroatoms. The minimum absolute atomic E-state index is 0.0480. The average molecular weight is 440 g/mol. The van der Waals surface area contributed by atoms with Gasteiger partial charge in [-0.15, -0.1) is 11.3 Å². The molecule has 0 saturated carbocycles. The quantitative estimate of drug-likeness (QED) is 0.624. The van der Waals surface area contributed by atoms with Crippen LogP contribution in [-0.4, -0.2) is 51.8 Å². The number of aryl methyl sites for hydroxylation is 2. The van der Waals surface area contributed by atoms with Gasteiger partial charge < -0.3 is 9.80 Å². The summed E-state index contributed by atoms with van der Waals surface area (Å²) in [5.41, 5.74) is 4.67. The van der Waals surface area contributed by atoms with Crippen LogP contribution in [0, 0.1) is 20.8 Å². The van der Waals surface area contributed by atoms with Crippen molar-refractivity contribution < 1.29 is 4.79 Å². The van der Waals surface area contributed by atoms with E-state index < -0.39 is 0 Å². The van der Waals surface area contributed by atoms with E-state index in [1.165, 1.54) is 32.8 Å². The standard InChI is InChI=1S/C23H29N5O2S/c1-14(2)22-24-20-21(31-22)17(5)25-28(23(20)30)13-19(29)27-11-9-26(10-12-27)18-8-6-7-15(3)16(18)4/h6-8,14H,9-13H2,1-5H3. The molecule has 4 rings (SSSR count). The topological polar surface area (TPSA) is 71.3 Å². The summed E-state index contributed by atoms with van der Waals surface area (Å²) < 4.78 is 2.10. The zero-order chi connectivity index (χ0) is 22.3. The molecule has 0 bridgehead atoms. The zero-order valence-corrected chi connectivity index (χ0v) is 19.6. The molecule has 1 aliphatic rings. The van der Waals surface area contributed by atoms with Gasteiger partial charge >= 0.3 is 0 Å². The lowest BCUT2D eigenvalue weighted by atomic mass is 10.1. The van der Waals surface area contributed by atoms with Crippen molar-refractivity contribution in [3.8, 4) is 0 Å². The smallest absolute Gasteiger partial charge is 0.294 e. The van der Waals surface area contributed by atoms with Crippen LogP contribution in [0.3, 0.4) is 0 Å². The Kier molecular flexibility index (Phi) is 5.83. The number of rotatable bonds is 4. The molecule has 1 saturated heterocycles. The predicted molar refractivity (Wildman–Crippen MR) is 125 cm³/mol. The lowest BCUT2D eigenvalue weighted by Crippen LogP contribution is -2.50. The van der Waals surface area contributed by atoms with Crippen LogP contribution in [0.25, 0.3) is 10.2 Å². The number of hydrogen-bond acceptors (Lipinski definition) is 6. The summed E-state index contributed by atoms with van der Waals surface area (Å²) in [4.78, 5) is 34.5. The number of nitrogens with zero attached hydrogens (tertiary/aromatic N) is 5. The molecule has 0 unspecified atom stereocenters. The molecule has 1 fully saturated rings. The van der Waals surface area contributed by atoms with Crippen molar-refractivity contribution in [2.75, 3.05) is 31.1 Å². The number of amides is 1. The average Bonchev–Trinajstić information content (AvgIpc) is 3.21. The Morgan fingerprint density at radius 3 is 2.52 bits per heavy atom. The van der Waals surface area contributed by atoms with E-state index in [1.54, 1.807) is 0 Å². The molecule has 31 heavy (non-hydrogen) atoms. The van der Waals surface area contributed by atoms with Crippen LogP contribution in [0.4, 0.5) is 5.69 Å². The zero-order valence-electron chi connectivity index (χ0n) is 18.8. The van der Waals surface area contributed by atoms with E-state index in [-0.39, 0.29) is 23.9 Å². The van der Waals surface area contributed by atoms with Gasteiger partial charge in [-0.25, -0.2) is 9.67 Å². The van der Waals surface area contributed by atoms with Gasteiger partial charge in [-0.2, -0.15) is 5.10 Å². The molecule has 0 radical (unpaired) electrons. The Morgan fingerprint density at radius 2 is 1.84 bits per heavy atom. The van der Waals surface area contributed by atoms with Crippen LogP contribution in [0.1, 0.15) is 41.6 Å². The number of fused-ring (bicyclic) bond motifs is 1. The fraction of sp³-hybridized carbons (Fsp3) is 0.478. The lowest BCUT2D eigenvalue weighted by Gasteiger charge is -2.37. The van der Waals surface area contributed by atoms with Crippen LogP contribution in [0.2, 0.25) is 0 Å². The first-order chi connectivity index (χ1) is 14.8. The first-order valence-electron chi connectivity index (χ1n) is 10.7. The van der Waals surface area contributed by atoms with Crippen molar-refractivity contribution in [1.29, 1.82) is 0 Å². The van der Waals surface area contributed by atoms with Crippen LogP contribution < -0.4 is 10.5 Å². The number of benzene rings is 1. The summed E-state index contributed by atoms with van der Waals surface area (Å²) in [6, 6.07) is 6.34. The largest absolute Gasteiger partial charge is 0.368 e. The normalized spacial score (nSPS) is 14.6. The molecule has 7 nitrogen and oxygen atoms in total. The van der Waals surface area contributed by atoms with Gasteiger partial charge in [-0.05, 0) is 38.0 Å². The predicted octanol–water partition coefficient (Wildman–Crippen LogP) is 3.25. The molecule has 1 amide bonds. The van der Waals surface area contributed by atoms with E-state index in [1.807, 2.05) is 11.8 Å². The summed E-state index contributed by atoms with van der Waals surface area (Å²) in [5.74, 6) is 0.174. The van der Waals surface area contributed by atoms with E-state index >= 15 is 0 Å². The van der Waals surface area contributed by atoms with Crippen molar-refractivity contribution in [3.05, 3.63) is 50.4 Å². The van der Waals surface area contributed by atoms with Crippen molar-refractivity contribution in [3.63, 3.8) is 0 Å². The van der Waals surface area contributed by atoms with E-state index in [0.717, 1.165) is 28.5 Å². The van der Waals surface area contributed by atoms with E-state index in [9.17, 15) is 9.59 Å². The van der Waals surface area contributed by atoms with Gasteiger partial charge in [0.2, 0.25) is 5.91 Å². The third kappa shape index (κ3) is 4.08. The van der Waals surface area contributed by atoms with E-state index in [0.29, 0.717) is 18.6 Å². The van der Waals surface area contributed by atoms with Crippen LogP contribution >= 0.6 is 11.3 Å². The highest BCUT2D eigenvalue weighted by Gasteiger charge is 2.24. The van der Waals surface area contributed by atoms with Crippen molar-refractivity contribution in [2.45, 2.75) is 47.1 Å².